The Balaban J connectivity index is 1.48. The average Bonchev–Trinajstić information content (AvgIpc) is 3.25. The number of thiophene rings is 1. The standard InChI is InChI=1S/C20H27N7S/c1-11-7-17(26-25-11)22-18-16-8-12(2)28-19(16)24-20(23-18)27(3)15-9-13-5-4-6-14(10-15)21-13/h7-8,13-15,21H,4-6,9-10H2,1-3H3,(H2,22,23,24,25,26). The molecule has 8 heteroatoms. The Labute approximate surface area is 169 Å². The van der Waals surface area contributed by atoms with Crippen LogP contribution in [0.25, 0.3) is 10.2 Å². The number of aryl methyl sites for hydroxylation is 2. The lowest BCUT2D eigenvalue weighted by Crippen LogP contribution is -2.54. The Kier molecular flexibility index (Phi) is 4.47. The molecule has 7 nitrogen and oxygen atoms in total. The van der Waals surface area contributed by atoms with E-state index in [4.69, 9.17) is 9.97 Å². The largest absolute Gasteiger partial charge is 0.341 e. The van der Waals surface area contributed by atoms with Gasteiger partial charge >= 0.3 is 0 Å². The van der Waals surface area contributed by atoms with E-state index in [-0.39, 0.29) is 0 Å². The summed E-state index contributed by atoms with van der Waals surface area (Å²) in [5.74, 6) is 2.41. The molecule has 0 radical (unpaired) electrons. The number of nitrogens with zero attached hydrogens (tertiary/aromatic N) is 4. The number of piperidine rings is 2. The van der Waals surface area contributed by atoms with Crippen molar-refractivity contribution in [2.75, 3.05) is 17.3 Å². The highest BCUT2D eigenvalue weighted by molar-refractivity contribution is 7.18. The van der Waals surface area contributed by atoms with Crippen molar-refractivity contribution in [3.8, 4) is 0 Å². The fraction of sp³-hybridized carbons (Fsp3) is 0.550. The van der Waals surface area contributed by atoms with E-state index in [1.807, 2.05) is 13.0 Å². The van der Waals surface area contributed by atoms with Gasteiger partial charge in [0.1, 0.15) is 10.6 Å². The minimum Gasteiger partial charge on any atom is -0.341 e. The molecule has 2 bridgehead atoms. The van der Waals surface area contributed by atoms with Crippen LogP contribution in [0.3, 0.4) is 0 Å². The highest BCUT2D eigenvalue weighted by Crippen LogP contribution is 2.34. The predicted octanol–water partition coefficient (Wildman–Crippen LogP) is 3.88. The molecule has 0 aromatic carbocycles. The molecule has 3 N–H and O–H groups in total. The zero-order chi connectivity index (χ0) is 19.3. The highest BCUT2D eigenvalue weighted by atomic mass is 32.1. The summed E-state index contributed by atoms with van der Waals surface area (Å²) in [6, 6.07) is 5.90. The SMILES string of the molecule is Cc1cc(Nc2nc(N(C)C3CC4CCCC(C3)N4)nc3sc(C)cc23)n[nH]1. The Hall–Kier alpha value is -2.19. The fourth-order valence-corrected chi connectivity index (χ4v) is 5.48. The first-order valence-corrected chi connectivity index (χ1v) is 10.9. The van der Waals surface area contributed by atoms with Crippen molar-refractivity contribution in [2.45, 2.75) is 64.1 Å². The summed E-state index contributed by atoms with van der Waals surface area (Å²) in [5, 5.41) is 15.5. The van der Waals surface area contributed by atoms with Gasteiger partial charge in [0.2, 0.25) is 5.95 Å². The number of aromatic amines is 1. The van der Waals surface area contributed by atoms with Crippen LogP contribution in [-0.4, -0.2) is 45.3 Å². The maximum Gasteiger partial charge on any atom is 0.228 e. The molecule has 2 aliphatic heterocycles. The quantitative estimate of drug-likeness (QED) is 0.620. The van der Waals surface area contributed by atoms with Crippen LogP contribution in [0, 0.1) is 13.8 Å². The molecule has 2 unspecified atom stereocenters. The van der Waals surface area contributed by atoms with Gasteiger partial charge in [0.15, 0.2) is 5.82 Å². The summed E-state index contributed by atoms with van der Waals surface area (Å²) in [6.07, 6.45) is 6.26. The average molecular weight is 398 g/mol. The van der Waals surface area contributed by atoms with Crippen molar-refractivity contribution in [3.05, 3.63) is 22.7 Å². The molecule has 2 fully saturated rings. The first-order chi connectivity index (χ1) is 13.5. The summed E-state index contributed by atoms with van der Waals surface area (Å²) in [5.41, 5.74) is 1.02. The monoisotopic (exact) mass is 397 g/mol. The number of anilines is 3. The van der Waals surface area contributed by atoms with E-state index in [0.29, 0.717) is 18.1 Å². The van der Waals surface area contributed by atoms with Gasteiger partial charge in [-0.25, -0.2) is 4.98 Å². The smallest absolute Gasteiger partial charge is 0.228 e. The minimum atomic E-state index is 0.482. The van der Waals surface area contributed by atoms with Crippen LogP contribution in [0.1, 0.15) is 42.7 Å². The third-order valence-corrected chi connectivity index (χ3v) is 6.95. The topological polar surface area (TPSA) is 81.8 Å². The van der Waals surface area contributed by atoms with E-state index in [9.17, 15) is 0 Å². The van der Waals surface area contributed by atoms with Gasteiger partial charge in [0.25, 0.3) is 0 Å². The lowest BCUT2D eigenvalue weighted by molar-refractivity contribution is 0.219. The second kappa shape index (κ2) is 7.00. The van der Waals surface area contributed by atoms with Gasteiger partial charge in [-0.05, 0) is 45.6 Å². The summed E-state index contributed by atoms with van der Waals surface area (Å²) >= 11 is 1.72. The highest BCUT2D eigenvalue weighted by Gasteiger charge is 2.34. The van der Waals surface area contributed by atoms with E-state index in [2.05, 4.69) is 45.8 Å². The van der Waals surface area contributed by atoms with Crippen molar-refractivity contribution >= 4 is 39.1 Å². The Morgan fingerprint density at radius 3 is 2.64 bits per heavy atom. The number of H-pyrrole nitrogens is 1. The Morgan fingerprint density at radius 2 is 1.93 bits per heavy atom. The van der Waals surface area contributed by atoms with Gasteiger partial charge < -0.3 is 15.5 Å². The van der Waals surface area contributed by atoms with E-state index < -0.39 is 0 Å². The molecule has 2 saturated heterocycles. The molecular weight excluding hydrogens is 370 g/mol. The molecule has 0 spiro atoms. The lowest BCUT2D eigenvalue weighted by atomic mass is 9.83. The Bertz CT molecular complexity index is 982. The summed E-state index contributed by atoms with van der Waals surface area (Å²) in [6.45, 7) is 4.11. The van der Waals surface area contributed by atoms with Crippen molar-refractivity contribution in [1.82, 2.24) is 25.5 Å². The van der Waals surface area contributed by atoms with Gasteiger partial charge in [0, 0.05) is 41.8 Å². The molecule has 5 heterocycles. The van der Waals surface area contributed by atoms with E-state index >= 15 is 0 Å². The molecule has 148 valence electrons. The first kappa shape index (κ1) is 17.9. The number of nitrogens with one attached hydrogen (secondary N) is 3. The second-order valence-electron chi connectivity index (χ2n) is 8.24. The van der Waals surface area contributed by atoms with Crippen LogP contribution in [0.2, 0.25) is 0 Å². The third kappa shape index (κ3) is 3.35. The molecule has 5 rings (SSSR count). The molecule has 2 atom stereocenters. The normalized spacial score (nSPS) is 24.5. The van der Waals surface area contributed by atoms with Crippen molar-refractivity contribution < 1.29 is 0 Å². The van der Waals surface area contributed by atoms with Crippen molar-refractivity contribution in [1.29, 1.82) is 0 Å². The van der Waals surface area contributed by atoms with E-state index in [1.165, 1.54) is 37.0 Å². The van der Waals surface area contributed by atoms with E-state index in [0.717, 1.165) is 33.5 Å². The van der Waals surface area contributed by atoms with Gasteiger partial charge in [-0.1, -0.05) is 6.42 Å². The fourth-order valence-electron chi connectivity index (χ4n) is 4.60. The number of hydrogen-bond acceptors (Lipinski definition) is 7. The summed E-state index contributed by atoms with van der Waals surface area (Å²) < 4.78 is 0. The third-order valence-electron chi connectivity index (χ3n) is 6.01. The number of fused-ring (bicyclic) bond motifs is 3. The molecule has 2 aliphatic rings. The predicted molar refractivity (Wildman–Crippen MR) is 115 cm³/mol. The zero-order valence-electron chi connectivity index (χ0n) is 16.6. The number of rotatable bonds is 4. The molecule has 3 aromatic heterocycles. The first-order valence-electron chi connectivity index (χ1n) is 10.1. The maximum atomic E-state index is 4.92. The number of aromatic nitrogens is 4. The Morgan fingerprint density at radius 1 is 1.14 bits per heavy atom. The van der Waals surface area contributed by atoms with Crippen molar-refractivity contribution in [2.24, 2.45) is 0 Å². The molecule has 0 aliphatic carbocycles. The molecule has 0 amide bonds. The van der Waals surface area contributed by atoms with Crippen LogP contribution in [-0.2, 0) is 0 Å². The van der Waals surface area contributed by atoms with Crippen LogP contribution in [0.15, 0.2) is 12.1 Å². The summed E-state index contributed by atoms with van der Waals surface area (Å²) in [7, 11) is 2.15. The van der Waals surface area contributed by atoms with Crippen LogP contribution >= 0.6 is 11.3 Å². The number of hydrogen-bond donors (Lipinski definition) is 3. The molecular formula is C20H27N7S. The van der Waals surface area contributed by atoms with Gasteiger partial charge in [0.05, 0.1) is 5.39 Å². The van der Waals surface area contributed by atoms with Crippen LogP contribution in [0.5, 0.6) is 0 Å². The molecule has 0 saturated carbocycles. The van der Waals surface area contributed by atoms with Crippen LogP contribution < -0.4 is 15.5 Å². The van der Waals surface area contributed by atoms with Gasteiger partial charge in [-0.2, -0.15) is 10.1 Å². The van der Waals surface area contributed by atoms with Gasteiger partial charge in [-0.15, -0.1) is 11.3 Å². The van der Waals surface area contributed by atoms with Crippen LogP contribution in [0.4, 0.5) is 17.6 Å². The minimum absolute atomic E-state index is 0.482. The van der Waals surface area contributed by atoms with Gasteiger partial charge in [-0.3, -0.25) is 5.10 Å². The maximum absolute atomic E-state index is 4.92. The van der Waals surface area contributed by atoms with E-state index in [1.54, 1.807) is 11.3 Å². The van der Waals surface area contributed by atoms with Crippen molar-refractivity contribution in [3.63, 3.8) is 0 Å². The zero-order valence-corrected chi connectivity index (χ0v) is 17.4. The molecule has 28 heavy (non-hydrogen) atoms. The lowest BCUT2D eigenvalue weighted by Gasteiger charge is -2.43. The second-order valence-corrected chi connectivity index (χ2v) is 9.47. The molecule has 3 aromatic rings. The summed E-state index contributed by atoms with van der Waals surface area (Å²) in [4.78, 5) is 14.4.